The zero-order valence-electron chi connectivity index (χ0n) is 21.7. The number of rotatable bonds is 0. The second-order valence-corrected chi connectivity index (χ2v) is 13.3. The summed E-state index contributed by atoms with van der Waals surface area (Å²) in [5, 5.41) is 19.2. The molecular formula is C33H42O2. The summed E-state index contributed by atoms with van der Waals surface area (Å²) in [6.45, 7) is 9.11. The number of hydrogen-bond donors (Lipinski definition) is 2. The summed E-state index contributed by atoms with van der Waals surface area (Å²) in [6, 6.07) is 12.0. The molecule has 2 aromatic carbocycles. The van der Waals surface area contributed by atoms with Crippen molar-refractivity contribution in [3.63, 3.8) is 0 Å². The van der Waals surface area contributed by atoms with Gasteiger partial charge in [0.1, 0.15) is 11.5 Å². The standard InChI is InChI=1S/C17H22O.C16H20O/c1-16-5-4-12-10-13(18)2-3-14(12)15(16)11-17(7-6-16)8-9-17;1-11-5-7-16(2)8-6-12-10-13(17)3-4-14(12)15(16)9-11/h2-3,10,15,18H,4-9,11H2,1H3;3-4,10,15,17H,1,5-9H2,2H3/t15-,16+;15-,16-/m11/s1. The first-order valence-electron chi connectivity index (χ1n) is 14.0. The smallest absolute Gasteiger partial charge is 0.115 e. The fraction of sp³-hybridized carbons (Fsp3) is 0.576. The molecule has 0 amide bonds. The Hall–Kier alpha value is -2.22. The molecule has 2 aromatic rings. The molecule has 7 rings (SSSR count). The molecule has 0 unspecified atom stereocenters. The van der Waals surface area contributed by atoms with Crippen LogP contribution in [-0.4, -0.2) is 10.2 Å². The maximum atomic E-state index is 9.66. The molecule has 2 N–H and O–H groups in total. The molecule has 1 spiro atoms. The van der Waals surface area contributed by atoms with Crippen LogP contribution in [0, 0.1) is 16.2 Å². The number of fused-ring (bicyclic) bond motifs is 6. The predicted molar refractivity (Wildman–Crippen MR) is 143 cm³/mol. The zero-order chi connectivity index (χ0) is 24.4. The minimum absolute atomic E-state index is 0.405. The van der Waals surface area contributed by atoms with Crippen LogP contribution in [0.25, 0.3) is 0 Å². The molecule has 0 aromatic heterocycles. The van der Waals surface area contributed by atoms with Gasteiger partial charge in [-0.25, -0.2) is 0 Å². The summed E-state index contributed by atoms with van der Waals surface area (Å²) >= 11 is 0. The summed E-state index contributed by atoms with van der Waals surface area (Å²) in [4.78, 5) is 0. The van der Waals surface area contributed by atoms with Gasteiger partial charge in [0.2, 0.25) is 0 Å². The molecule has 2 nitrogen and oxygen atoms in total. The van der Waals surface area contributed by atoms with Crippen molar-refractivity contribution in [2.45, 2.75) is 103 Å². The quantitative estimate of drug-likeness (QED) is 0.379. The van der Waals surface area contributed by atoms with E-state index in [0.717, 1.165) is 30.6 Å². The van der Waals surface area contributed by atoms with E-state index in [2.05, 4.69) is 32.6 Å². The molecule has 35 heavy (non-hydrogen) atoms. The van der Waals surface area contributed by atoms with Crippen LogP contribution in [-0.2, 0) is 12.8 Å². The second-order valence-electron chi connectivity index (χ2n) is 13.3. The fourth-order valence-electron chi connectivity index (χ4n) is 8.12. The maximum Gasteiger partial charge on any atom is 0.115 e. The van der Waals surface area contributed by atoms with Gasteiger partial charge >= 0.3 is 0 Å². The highest BCUT2D eigenvalue weighted by molar-refractivity contribution is 5.42. The minimum Gasteiger partial charge on any atom is -0.508 e. The van der Waals surface area contributed by atoms with Crippen molar-refractivity contribution < 1.29 is 10.2 Å². The van der Waals surface area contributed by atoms with E-state index in [4.69, 9.17) is 0 Å². The van der Waals surface area contributed by atoms with E-state index in [1.807, 2.05) is 24.3 Å². The van der Waals surface area contributed by atoms with Gasteiger partial charge in [0.25, 0.3) is 0 Å². The van der Waals surface area contributed by atoms with E-state index in [-0.39, 0.29) is 0 Å². The van der Waals surface area contributed by atoms with Crippen molar-refractivity contribution >= 4 is 0 Å². The predicted octanol–water partition coefficient (Wildman–Crippen LogP) is 8.56. The molecule has 0 heterocycles. The Morgan fingerprint density at radius 3 is 1.80 bits per heavy atom. The number of allylic oxidation sites excluding steroid dienone is 1. The SMILES string of the molecule is C=C1CC[C@]2(C)CCc3cc(O)ccc3[C@H]2C1.C[C@@]12CCc3cc(O)ccc3[C@H]1CC1(CC1)CC2. The first kappa shape index (κ1) is 23.2. The Morgan fingerprint density at radius 1 is 0.686 bits per heavy atom. The number of aromatic hydroxyl groups is 2. The molecule has 0 radical (unpaired) electrons. The lowest BCUT2D eigenvalue weighted by Crippen LogP contribution is -2.37. The van der Waals surface area contributed by atoms with Gasteiger partial charge in [0.15, 0.2) is 0 Å². The van der Waals surface area contributed by atoms with Crippen LogP contribution < -0.4 is 0 Å². The monoisotopic (exact) mass is 470 g/mol. The second kappa shape index (κ2) is 8.15. The summed E-state index contributed by atoms with van der Waals surface area (Å²) < 4.78 is 0. The van der Waals surface area contributed by atoms with Gasteiger partial charge in [-0.2, -0.15) is 0 Å². The van der Waals surface area contributed by atoms with Gasteiger partial charge in [-0.3, -0.25) is 0 Å². The van der Waals surface area contributed by atoms with Crippen LogP contribution in [0.3, 0.4) is 0 Å². The number of aryl methyl sites for hydroxylation is 2. The van der Waals surface area contributed by atoms with E-state index in [1.54, 1.807) is 5.56 Å². The highest BCUT2D eigenvalue weighted by Crippen LogP contribution is 2.66. The third-order valence-corrected chi connectivity index (χ3v) is 11.0. The Morgan fingerprint density at radius 2 is 1.20 bits per heavy atom. The van der Waals surface area contributed by atoms with Crippen molar-refractivity contribution in [3.8, 4) is 11.5 Å². The van der Waals surface area contributed by atoms with Crippen molar-refractivity contribution in [1.29, 1.82) is 0 Å². The molecule has 4 atom stereocenters. The highest BCUT2D eigenvalue weighted by atomic mass is 16.3. The van der Waals surface area contributed by atoms with Crippen LogP contribution in [0.4, 0.5) is 0 Å². The lowest BCUT2D eigenvalue weighted by atomic mass is 9.56. The van der Waals surface area contributed by atoms with Gasteiger partial charge < -0.3 is 10.2 Å². The molecule has 5 aliphatic rings. The number of phenols is 2. The molecule has 0 saturated heterocycles. The number of benzene rings is 2. The van der Waals surface area contributed by atoms with Gasteiger partial charge in [-0.15, -0.1) is 0 Å². The lowest BCUT2D eigenvalue weighted by molar-refractivity contribution is 0.101. The van der Waals surface area contributed by atoms with Gasteiger partial charge in [-0.1, -0.05) is 38.1 Å². The Balaban J connectivity index is 0.000000131. The van der Waals surface area contributed by atoms with Crippen LogP contribution in [0.1, 0.15) is 112 Å². The van der Waals surface area contributed by atoms with Crippen molar-refractivity contribution in [3.05, 3.63) is 70.8 Å². The summed E-state index contributed by atoms with van der Waals surface area (Å²) in [5.41, 5.74) is 8.86. The molecular weight excluding hydrogens is 428 g/mol. The third kappa shape index (κ3) is 4.11. The van der Waals surface area contributed by atoms with Crippen LogP contribution >= 0.6 is 0 Å². The largest absolute Gasteiger partial charge is 0.508 e. The Labute approximate surface area is 211 Å². The minimum atomic E-state index is 0.405. The lowest BCUT2D eigenvalue weighted by Gasteiger charge is -2.49. The topological polar surface area (TPSA) is 40.5 Å². The van der Waals surface area contributed by atoms with E-state index < -0.39 is 0 Å². The highest BCUT2D eigenvalue weighted by Gasteiger charge is 2.53. The first-order valence-corrected chi connectivity index (χ1v) is 14.0. The summed E-state index contributed by atoms with van der Waals surface area (Å²) in [7, 11) is 0. The van der Waals surface area contributed by atoms with Gasteiger partial charge in [0, 0.05) is 0 Å². The van der Waals surface area contributed by atoms with Crippen molar-refractivity contribution in [2.75, 3.05) is 0 Å². The number of hydrogen-bond acceptors (Lipinski definition) is 2. The fourth-order valence-corrected chi connectivity index (χ4v) is 8.12. The first-order chi connectivity index (χ1) is 16.7. The molecule has 2 heteroatoms. The normalized spacial score (nSPS) is 33.9. The third-order valence-electron chi connectivity index (χ3n) is 11.0. The molecule has 5 aliphatic carbocycles. The van der Waals surface area contributed by atoms with Crippen molar-refractivity contribution in [1.82, 2.24) is 0 Å². The number of phenolic OH excluding ortho intramolecular Hbond substituents is 2. The summed E-state index contributed by atoms with van der Waals surface area (Å²) in [6.07, 6.45) is 15.6. The average Bonchev–Trinajstić information content (AvgIpc) is 3.60. The van der Waals surface area contributed by atoms with Crippen LogP contribution in [0.15, 0.2) is 48.6 Å². The Kier molecular flexibility index (Phi) is 5.40. The van der Waals surface area contributed by atoms with E-state index >= 15 is 0 Å². The molecule has 3 fully saturated rings. The van der Waals surface area contributed by atoms with E-state index in [0.29, 0.717) is 28.2 Å². The Bertz CT molecular complexity index is 1160. The molecule has 3 saturated carbocycles. The maximum absolute atomic E-state index is 9.66. The molecule has 0 aliphatic heterocycles. The van der Waals surface area contributed by atoms with Crippen LogP contribution in [0.2, 0.25) is 0 Å². The van der Waals surface area contributed by atoms with Crippen LogP contribution in [0.5, 0.6) is 11.5 Å². The van der Waals surface area contributed by atoms with Gasteiger partial charge in [0.05, 0.1) is 0 Å². The van der Waals surface area contributed by atoms with E-state index in [9.17, 15) is 10.2 Å². The summed E-state index contributed by atoms with van der Waals surface area (Å²) in [5.74, 6) is 2.21. The van der Waals surface area contributed by atoms with E-state index in [1.165, 1.54) is 80.1 Å². The zero-order valence-corrected chi connectivity index (χ0v) is 21.7. The van der Waals surface area contributed by atoms with Gasteiger partial charge in [-0.05, 0) is 152 Å². The average molecular weight is 471 g/mol. The van der Waals surface area contributed by atoms with Crippen molar-refractivity contribution in [2.24, 2.45) is 16.2 Å². The molecule has 186 valence electrons. The molecule has 0 bridgehead atoms.